The first kappa shape index (κ1) is 67.9. The van der Waals surface area contributed by atoms with E-state index in [-0.39, 0.29) is 118 Å². The minimum absolute atomic E-state index is 0.00467. The maximum atomic E-state index is 13.1. The summed E-state index contributed by atoms with van der Waals surface area (Å²) in [6, 6.07) is 7.11. The van der Waals surface area contributed by atoms with Crippen LogP contribution in [0.25, 0.3) is 33.4 Å². The number of phosphoric acid groups is 3. The normalized spacial score (nSPS) is 17.7. The number of nitrogens with two attached hydrogens (primary N) is 1. The lowest BCUT2D eigenvalue weighted by Gasteiger charge is -2.24. The van der Waals surface area contributed by atoms with Gasteiger partial charge in [0.15, 0.2) is 21.1 Å². The van der Waals surface area contributed by atoms with E-state index in [1.807, 2.05) is 13.8 Å². The van der Waals surface area contributed by atoms with Crippen molar-refractivity contribution in [2.45, 2.75) is 59.4 Å². The van der Waals surface area contributed by atoms with Gasteiger partial charge in [-0.2, -0.15) is 25.5 Å². The first-order chi connectivity index (χ1) is 37.7. The molecule has 12 N–H and O–H groups in total. The minimum atomic E-state index is -5.70. The summed E-state index contributed by atoms with van der Waals surface area (Å²) in [6.45, 7) is 4.70. The third kappa shape index (κ3) is 21.0. The molecule has 1 saturated heterocycles. The van der Waals surface area contributed by atoms with Crippen molar-refractivity contribution in [3.8, 4) is 22.5 Å². The molecule has 0 aromatic heterocycles. The van der Waals surface area contributed by atoms with Crippen molar-refractivity contribution in [3.05, 3.63) is 58.9 Å². The summed E-state index contributed by atoms with van der Waals surface area (Å²) in [5.41, 5.74) is 3.45. The topological polar surface area (TPSA) is 482 Å². The Bertz CT molecular complexity index is 3320. The summed E-state index contributed by atoms with van der Waals surface area (Å²) in [4.78, 5) is 72.6. The molecule has 2 aromatic rings. The van der Waals surface area contributed by atoms with E-state index in [4.69, 9.17) is 61.6 Å². The number of hydrogen-bond donors (Lipinski definition) is 11. The van der Waals surface area contributed by atoms with Crippen LogP contribution in [0.1, 0.15) is 47.4 Å². The average molecular weight is 1280 g/mol. The summed E-state index contributed by atoms with van der Waals surface area (Å²) in [5.74, 6) is -3.20. The molecule has 39 heteroatoms. The van der Waals surface area contributed by atoms with E-state index in [2.05, 4.69) is 23.8 Å². The predicted molar refractivity (Wildman–Crippen MR) is 286 cm³/mol. The van der Waals surface area contributed by atoms with Gasteiger partial charge in [0.2, 0.25) is 5.91 Å². The molecular weight excluding hydrogens is 1220 g/mol. The predicted octanol–water partition coefficient (Wildman–Crippen LogP) is 2.89. The number of ether oxygens (including phenoxy) is 6. The van der Waals surface area contributed by atoms with Crippen LogP contribution in [0.3, 0.4) is 0 Å². The maximum Gasteiger partial charge on any atom is 0.490 e. The Kier molecular flexibility index (Phi) is 24.5. The number of carbonyl (C=O) groups excluding carboxylic acids is 2. The molecule has 1 fully saturated rings. The Morgan fingerprint density at radius 3 is 2.04 bits per heavy atom. The number of fused-ring (bicyclic) bond motifs is 2. The molecule has 2 heterocycles. The molecule has 2 aliphatic heterocycles. The zero-order valence-corrected chi connectivity index (χ0v) is 48.5. The van der Waals surface area contributed by atoms with Crippen molar-refractivity contribution in [2.24, 2.45) is 0 Å². The highest BCUT2D eigenvalue weighted by Crippen LogP contribution is 2.66. The number of aromatic carboxylic acids is 1. The number of amides is 2. The van der Waals surface area contributed by atoms with E-state index in [1.165, 1.54) is 45.9 Å². The fourth-order valence-electron chi connectivity index (χ4n) is 7.41. The van der Waals surface area contributed by atoms with Gasteiger partial charge in [0.25, 0.3) is 26.1 Å². The SMILES string of the molecule is [B][C@H]1C[C@@H](OCSSC(C)(C)CNC(=O)CCOCCOCCOCCOCCNC(=O)c2ccc(-c3c4ccc(=N)c(S(=O)(=O)O)c-4oc4c(S(=O)(=O)O)c(N)ccc34)c(C(=O)O)c2)[C@@H](COP(=O)(O)OP(=O)(O)OP(=O)(O)O)O1. The molecule has 2 amide bonds. The van der Waals surface area contributed by atoms with Crippen LogP contribution in [0.2, 0.25) is 0 Å². The van der Waals surface area contributed by atoms with E-state index >= 15 is 0 Å². The molecule has 0 spiro atoms. The van der Waals surface area contributed by atoms with E-state index in [9.17, 15) is 68.9 Å². The first-order valence-electron chi connectivity index (χ1n) is 23.4. The molecule has 5 atom stereocenters. The standard InChI is InChI=1S/C42H56BN4O27P3S4/c1-42(2,79-78-23-69-31-20-33(43)71-32(31)21-70-76(55,56)74-77(57,58)73-75(52,53)54)22-47-34(48)9-11-65-13-15-67-17-18-68-16-14-66-12-10-46-40(49)24-3-4-25(28(19-24)41(50)51)35-26-5-7-29(44)38(80(59,60)61)36(26)72-37-27(35)6-8-30(45)39(37)81(62,63)64/h3-8,19,31-33,44H,9-18,20-23,45H2,1-2H3,(H,46,49)(H,47,48)(H,50,51)(H,55,56)(H,57,58)(H2,52,53,54)(H,59,60,61)(H,62,63,64)/t31-,32-,33-/m1/s1. The van der Waals surface area contributed by atoms with Crippen LogP contribution in [-0.4, -0.2) is 178 Å². The Balaban J connectivity index is 0.938. The van der Waals surface area contributed by atoms with Crippen LogP contribution >= 0.6 is 45.1 Å². The molecule has 3 aliphatic rings. The Labute approximate surface area is 471 Å². The number of phosphoric ester groups is 1. The highest BCUT2D eigenvalue weighted by Gasteiger charge is 2.43. The second kappa shape index (κ2) is 29.3. The summed E-state index contributed by atoms with van der Waals surface area (Å²) < 4.78 is 155. The molecule has 5 rings (SSSR count). The third-order valence-electron chi connectivity index (χ3n) is 10.8. The van der Waals surface area contributed by atoms with Gasteiger partial charge in [0.1, 0.15) is 19.9 Å². The van der Waals surface area contributed by atoms with Crippen molar-refractivity contribution in [3.63, 3.8) is 0 Å². The Morgan fingerprint density at radius 1 is 0.827 bits per heavy atom. The van der Waals surface area contributed by atoms with Crippen LogP contribution < -0.4 is 21.7 Å². The molecule has 1 aliphatic carbocycles. The number of rotatable bonds is 34. The Morgan fingerprint density at radius 2 is 1.43 bits per heavy atom. The highest BCUT2D eigenvalue weighted by molar-refractivity contribution is 8.77. The number of nitrogens with one attached hydrogen (secondary N) is 3. The van der Waals surface area contributed by atoms with Crippen molar-refractivity contribution in [1.82, 2.24) is 10.6 Å². The van der Waals surface area contributed by atoms with Crippen LogP contribution in [-0.2, 0) is 80.3 Å². The van der Waals surface area contributed by atoms with Gasteiger partial charge < -0.3 is 73.9 Å². The fraction of sp³-hybridized carbons (Fsp3) is 0.476. The van der Waals surface area contributed by atoms with Crippen molar-refractivity contribution >= 4 is 108 Å². The summed E-state index contributed by atoms with van der Waals surface area (Å²) in [7, 11) is -18.6. The smallest absolute Gasteiger partial charge is 0.478 e. The van der Waals surface area contributed by atoms with Gasteiger partial charge in [-0.3, -0.25) is 28.6 Å². The molecular formula is C42H56BN4O27P3S4. The van der Waals surface area contributed by atoms with Crippen LogP contribution in [0, 0.1) is 5.41 Å². The fourth-order valence-corrected chi connectivity index (χ4v) is 14.1. The largest absolute Gasteiger partial charge is 0.490 e. The zero-order chi connectivity index (χ0) is 60.1. The summed E-state index contributed by atoms with van der Waals surface area (Å²) in [6.07, 6.45) is -1.55. The second-order valence-electron chi connectivity index (χ2n) is 17.5. The molecule has 448 valence electrons. The van der Waals surface area contributed by atoms with Crippen LogP contribution in [0.4, 0.5) is 5.69 Å². The van der Waals surface area contributed by atoms with Gasteiger partial charge in [-0.05, 0) is 62.2 Å². The number of carboxylic acid groups (broad SMARTS) is 1. The van der Waals surface area contributed by atoms with Gasteiger partial charge >= 0.3 is 29.4 Å². The van der Waals surface area contributed by atoms with Crippen LogP contribution in [0.5, 0.6) is 0 Å². The molecule has 31 nitrogen and oxygen atoms in total. The van der Waals surface area contributed by atoms with Gasteiger partial charge in [-0.1, -0.05) is 27.7 Å². The lowest BCUT2D eigenvalue weighted by molar-refractivity contribution is -0.122. The van der Waals surface area contributed by atoms with E-state index in [0.29, 0.717) is 0 Å². The van der Waals surface area contributed by atoms with Gasteiger partial charge in [0, 0.05) is 52.3 Å². The van der Waals surface area contributed by atoms with Gasteiger partial charge in [-0.15, -0.1) is 0 Å². The molecule has 2 aromatic carbocycles. The lowest BCUT2D eigenvalue weighted by atomic mass is 9.89. The monoisotopic (exact) mass is 1280 g/mol. The quantitative estimate of drug-likeness (QED) is 0.00468. The van der Waals surface area contributed by atoms with E-state index < -0.39 is 123 Å². The molecule has 81 heavy (non-hydrogen) atoms. The number of anilines is 1. The van der Waals surface area contributed by atoms with E-state index in [0.717, 1.165) is 18.2 Å². The highest BCUT2D eigenvalue weighted by atomic mass is 33.1. The minimum Gasteiger partial charge on any atom is -0.478 e. The first-order valence-corrected chi connectivity index (χ1v) is 33.1. The van der Waals surface area contributed by atoms with Crippen molar-refractivity contribution in [2.75, 3.05) is 84.2 Å². The maximum absolute atomic E-state index is 13.1. The number of carboxylic acids is 1. The number of hydrogen-bond acceptors (Lipinski definition) is 24. The Hall–Kier alpha value is -3.91. The third-order valence-corrected chi connectivity index (χ3v) is 19.4. The van der Waals surface area contributed by atoms with E-state index in [1.54, 1.807) is 0 Å². The molecule has 0 bridgehead atoms. The molecule has 2 unspecified atom stereocenters. The van der Waals surface area contributed by atoms with Crippen molar-refractivity contribution < 1.29 is 125 Å². The van der Waals surface area contributed by atoms with Gasteiger partial charge in [-0.25, -0.2) is 18.5 Å². The summed E-state index contributed by atoms with van der Waals surface area (Å²) in [5, 5.41) is 22.9. The van der Waals surface area contributed by atoms with Crippen LogP contribution in [0.15, 0.2) is 56.7 Å². The zero-order valence-electron chi connectivity index (χ0n) is 42.6. The van der Waals surface area contributed by atoms with Gasteiger partial charge in [0.05, 0.1) is 82.2 Å². The van der Waals surface area contributed by atoms with Crippen molar-refractivity contribution in [1.29, 1.82) is 5.41 Å². The molecule has 0 saturated carbocycles. The average Bonchev–Trinajstić information content (AvgIpc) is 3.78. The lowest BCUT2D eigenvalue weighted by Crippen LogP contribution is -2.36. The second-order valence-corrected chi connectivity index (χ2v) is 27.6. The number of carbonyl (C=O) groups is 3. The number of nitrogen functional groups attached to an aromatic ring is 1. The number of benzene rings is 3. The molecule has 2 radical (unpaired) electrons. The summed E-state index contributed by atoms with van der Waals surface area (Å²) >= 11 is 0.